The van der Waals surface area contributed by atoms with Gasteiger partial charge in [0, 0.05) is 10.3 Å². The van der Waals surface area contributed by atoms with Crippen LogP contribution in [0.3, 0.4) is 0 Å². The molecule has 1 unspecified atom stereocenters. The third-order valence-electron chi connectivity index (χ3n) is 3.51. The van der Waals surface area contributed by atoms with E-state index in [0.717, 1.165) is 15.5 Å². The van der Waals surface area contributed by atoms with E-state index >= 15 is 0 Å². The smallest absolute Gasteiger partial charge is 0.123 e. The Morgan fingerprint density at radius 1 is 1.21 bits per heavy atom. The molecule has 0 radical (unpaired) electrons. The zero-order valence-electron chi connectivity index (χ0n) is 11.2. The second-order valence-electron chi connectivity index (χ2n) is 5.08. The molecule has 1 aromatic carbocycles. The number of hydrogen-bond donors (Lipinski definition) is 1. The lowest BCUT2D eigenvalue weighted by Crippen LogP contribution is -2.35. The zero-order valence-corrected chi connectivity index (χ0v) is 12.8. The van der Waals surface area contributed by atoms with Crippen molar-refractivity contribution < 1.29 is 4.39 Å². The minimum Gasteiger partial charge on any atom is -0.312 e. The molecule has 2 aromatic rings. The van der Waals surface area contributed by atoms with Crippen molar-refractivity contribution in [2.75, 3.05) is 7.05 Å². The normalized spacial score (nSPS) is 13.5. The van der Waals surface area contributed by atoms with Gasteiger partial charge in [-0.2, -0.15) is 0 Å². The number of thiophene rings is 1. The number of likely N-dealkylation sites (N-methyl/N-ethyl adjacent to an activating group) is 1. The van der Waals surface area contributed by atoms with Crippen molar-refractivity contribution in [2.45, 2.75) is 25.3 Å². The third kappa shape index (κ3) is 2.83. The van der Waals surface area contributed by atoms with Crippen LogP contribution in [0.2, 0.25) is 5.02 Å². The van der Waals surface area contributed by atoms with Crippen molar-refractivity contribution in [3.8, 4) is 0 Å². The number of benzene rings is 1. The maximum Gasteiger partial charge on any atom is 0.123 e. The quantitative estimate of drug-likeness (QED) is 0.856. The van der Waals surface area contributed by atoms with Crippen LogP contribution in [0, 0.1) is 5.82 Å². The van der Waals surface area contributed by atoms with Gasteiger partial charge in [-0.05, 0) is 36.2 Å². The molecule has 1 N–H and O–H groups in total. The lowest BCUT2D eigenvalue weighted by molar-refractivity contribution is 0.373. The van der Waals surface area contributed by atoms with Crippen LogP contribution in [0.25, 0.3) is 0 Å². The molecule has 0 saturated heterocycles. The molecule has 1 atom stereocenters. The fourth-order valence-electron chi connectivity index (χ4n) is 2.38. The van der Waals surface area contributed by atoms with Crippen LogP contribution >= 0.6 is 22.9 Å². The van der Waals surface area contributed by atoms with Gasteiger partial charge in [-0.15, -0.1) is 11.3 Å². The van der Waals surface area contributed by atoms with Crippen LogP contribution in [0.15, 0.2) is 35.7 Å². The lowest BCUT2D eigenvalue weighted by Gasteiger charge is -2.34. The summed E-state index contributed by atoms with van der Waals surface area (Å²) in [4.78, 5) is 1.11. The Morgan fingerprint density at radius 3 is 2.32 bits per heavy atom. The lowest BCUT2D eigenvalue weighted by atomic mass is 9.77. The molecule has 2 rings (SSSR count). The predicted octanol–water partition coefficient (Wildman–Crippen LogP) is 4.78. The van der Waals surface area contributed by atoms with E-state index in [4.69, 9.17) is 11.6 Å². The Kier molecular flexibility index (Phi) is 4.29. The summed E-state index contributed by atoms with van der Waals surface area (Å²) in [6.07, 6.45) is 0. The van der Waals surface area contributed by atoms with E-state index in [0.29, 0.717) is 0 Å². The number of rotatable bonds is 4. The molecule has 1 aromatic heterocycles. The van der Waals surface area contributed by atoms with E-state index in [2.05, 4.69) is 19.2 Å². The highest BCUT2D eigenvalue weighted by atomic mass is 35.5. The third-order valence-corrected chi connectivity index (χ3v) is 4.93. The summed E-state index contributed by atoms with van der Waals surface area (Å²) in [5.74, 6) is -0.213. The average molecular weight is 298 g/mol. The molecule has 0 spiro atoms. The molecule has 0 aliphatic heterocycles. The fourth-order valence-corrected chi connectivity index (χ4v) is 3.84. The van der Waals surface area contributed by atoms with Gasteiger partial charge in [0.1, 0.15) is 5.82 Å². The summed E-state index contributed by atoms with van der Waals surface area (Å²) in [6, 6.07) is 8.67. The molecule has 0 fully saturated rings. The first-order valence-electron chi connectivity index (χ1n) is 6.13. The second-order valence-corrected chi connectivity index (χ2v) is 6.44. The molecular weight excluding hydrogens is 281 g/mol. The molecule has 0 aliphatic carbocycles. The van der Waals surface area contributed by atoms with Crippen molar-refractivity contribution in [1.82, 2.24) is 5.32 Å². The first kappa shape index (κ1) is 14.5. The minimum atomic E-state index is -0.213. The topological polar surface area (TPSA) is 12.0 Å². The van der Waals surface area contributed by atoms with Gasteiger partial charge in [0.2, 0.25) is 0 Å². The Balaban J connectivity index is 2.41. The van der Waals surface area contributed by atoms with Gasteiger partial charge in [-0.3, -0.25) is 0 Å². The molecule has 19 heavy (non-hydrogen) atoms. The maximum absolute atomic E-state index is 13.1. The van der Waals surface area contributed by atoms with E-state index in [9.17, 15) is 4.39 Å². The standard InChI is InChI=1S/C15H17ClFNS/c1-15(2,10-4-6-11(17)7-5-10)14(18-3)13-12(16)8-9-19-13/h4-9,14,18H,1-3H3. The predicted molar refractivity (Wildman–Crippen MR) is 80.6 cm³/mol. The summed E-state index contributed by atoms with van der Waals surface area (Å²) in [6.45, 7) is 4.27. The molecule has 102 valence electrons. The first-order chi connectivity index (χ1) is 8.96. The summed E-state index contributed by atoms with van der Waals surface area (Å²) >= 11 is 7.88. The number of halogens is 2. The highest BCUT2D eigenvalue weighted by Crippen LogP contribution is 2.41. The largest absolute Gasteiger partial charge is 0.312 e. The summed E-state index contributed by atoms with van der Waals surface area (Å²) < 4.78 is 13.1. The van der Waals surface area contributed by atoms with Crippen LogP contribution in [-0.4, -0.2) is 7.05 Å². The molecule has 0 saturated carbocycles. The SMILES string of the molecule is CNC(c1sccc1Cl)C(C)(C)c1ccc(F)cc1. The van der Waals surface area contributed by atoms with Gasteiger partial charge < -0.3 is 5.32 Å². The van der Waals surface area contributed by atoms with Crippen molar-refractivity contribution >= 4 is 22.9 Å². The molecule has 1 heterocycles. The highest BCUT2D eigenvalue weighted by molar-refractivity contribution is 7.10. The second kappa shape index (κ2) is 5.61. The molecule has 4 heteroatoms. The van der Waals surface area contributed by atoms with E-state index in [-0.39, 0.29) is 17.3 Å². The van der Waals surface area contributed by atoms with Crippen LogP contribution in [0.1, 0.15) is 30.3 Å². The van der Waals surface area contributed by atoms with Crippen molar-refractivity contribution in [1.29, 1.82) is 0 Å². The molecular formula is C15H17ClFNS. The van der Waals surface area contributed by atoms with Gasteiger partial charge in [0.05, 0.1) is 11.1 Å². The van der Waals surface area contributed by atoms with Gasteiger partial charge >= 0.3 is 0 Å². The summed E-state index contributed by atoms with van der Waals surface area (Å²) in [7, 11) is 1.92. The Bertz CT molecular complexity index is 548. The van der Waals surface area contributed by atoms with Crippen LogP contribution in [-0.2, 0) is 5.41 Å². The Morgan fingerprint density at radius 2 is 1.84 bits per heavy atom. The minimum absolute atomic E-state index is 0.0884. The van der Waals surface area contributed by atoms with Gasteiger partial charge in [0.25, 0.3) is 0 Å². The molecule has 0 amide bonds. The Labute approximate surface area is 122 Å². The monoisotopic (exact) mass is 297 g/mol. The van der Waals surface area contributed by atoms with Gasteiger partial charge in [-0.25, -0.2) is 4.39 Å². The van der Waals surface area contributed by atoms with Crippen LogP contribution < -0.4 is 5.32 Å². The van der Waals surface area contributed by atoms with Gasteiger partial charge in [-0.1, -0.05) is 37.6 Å². The maximum atomic E-state index is 13.1. The number of nitrogens with one attached hydrogen (secondary N) is 1. The zero-order chi connectivity index (χ0) is 14.0. The van der Waals surface area contributed by atoms with Crippen molar-refractivity contribution in [3.63, 3.8) is 0 Å². The summed E-state index contributed by atoms with van der Waals surface area (Å²) in [5.41, 5.74) is 0.898. The summed E-state index contributed by atoms with van der Waals surface area (Å²) in [5, 5.41) is 6.10. The average Bonchev–Trinajstić information content (AvgIpc) is 2.77. The molecule has 0 bridgehead atoms. The van der Waals surface area contributed by atoms with Crippen molar-refractivity contribution in [2.24, 2.45) is 0 Å². The van der Waals surface area contributed by atoms with Crippen molar-refractivity contribution in [3.05, 3.63) is 57.0 Å². The van der Waals surface area contributed by atoms with E-state index in [1.165, 1.54) is 12.1 Å². The van der Waals surface area contributed by atoms with Crippen LogP contribution in [0.5, 0.6) is 0 Å². The number of hydrogen-bond acceptors (Lipinski definition) is 2. The van der Waals surface area contributed by atoms with E-state index in [1.807, 2.05) is 30.6 Å². The fraction of sp³-hybridized carbons (Fsp3) is 0.333. The van der Waals surface area contributed by atoms with Gasteiger partial charge in [0.15, 0.2) is 0 Å². The van der Waals surface area contributed by atoms with E-state index in [1.54, 1.807) is 11.3 Å². The van der Waals surface area contributed by atoms with Crippen LogP contribution in [0.4, 0.5) is 4.39 Å². The first-order valence-corrected chi connectivity index (χ1v) is 7.38. The van der Waals surface area contributed by atoms with E-state index < -0.39 is 0 Å². The molecule has 1 nitrogen and oxygen atoms in total. The Hall–Kier alpha value is -0.900. The highest BCUT2D eigenvalue weighted by Gasteiger charge is 2.33. The molecule has 0 aliphatic rings.